The van der Waals surface area contributed by atoms with Crippen LogP contribution in [0.1, 0.15) is 46.5 Å². The SMILES string of the molecule is C=C1C(O)C(OC2OC(COC3OCC(O)(CO)C3O)C(O)C(O)C2O)CC2(C)CCC(C(C)(C)OC3OC(CO)C(O)C(O)C3O)CC12. The van der Waals surface area contributed by atoms with Crippen LogP contribution in [0.3, 0.4) is 0 Å². The summed E-state index contributed by atoms with van der Waals surface area (Å²) in [6, 6.07) is 0. The molecule has 3 heterocycles. The summed E-state index contributed by atoms with van der Waals surface area (Å²) in [5.74, 6) is -0.309. The lowest BCUT2D eigenvalue weighted by Gasteiger charge is -2.55. The molecule has 0 radical (unpaired) electrons. The smallest absolute Gasteiger partial charge is 0.187 e. The Bertz CT molecular complexity index is 1140. The van der Waals surface area contributed by atoms with Crippen molar-refractivity contribution in [3.8, 4) is 0 Å². The quantitative estimate of drug-likeness (QED) is 0.0761. The first-order valence-corrected chi connectivity index (χ1v) is 16.8. The van der Waals surface area contributed by atoms with Gasteiger partial charge in [-0.3, -0.25) is 0 Å². The van der Waals surface area contributed by atoms with Crippen molar-refractivity contribution in [2.45, 2.75) is 144 Å². The van der Waals surface area contributed by atoms with Crippen molar-refractivity contribution < 1.29 is 84.6 Å². The lowest BCUT2D eigenvalue weighted by atomic mass is 9.54. The standard InChI is InChI=1S/C32H54O17/c1-13-15-7-14(30(2,3)49-28-25(41)22(38)20(36)17(9-33)47-28)5-6-31(15,4)8-16(19(13)35)46-27-24(40)23(39)21(37)18(48-27)10-44-29-26(42)32(43,11-34)12-45-29/h14-29,33-43H,1,5-12H2,2-4H3. The van der Waals surface area contributed by atoms with E-state index in [0.717, 1.165) is 0 Å². The Morgan fingerprint density at radius 1 is 0.857 bits per heavy atom. The molecule has 11 N–H and O–H groups in total. The van der Waals surface area contributed by atoms with Gasteiger partial charge in [0.25, 0.3) is 0 Å². The third-order valence-electron chi connectivity index (χ3n) is 11.5. The van der Waals surface area contributed by atoms with Crippen LogP contribution in [0.15, 0.2) is 12.2 Å². The number of hydrogen-bond acceptors (Lipinski definition) is 17. The van der Waals surface area contributed by atoms with E-state index in [2.05, 4.69) is 6.58 Å². The van der Waals surface area contributed by atoms with Crippen LogP contribution in [0.4, 0.5) is 0 Å². The summed E-state index contributed by atoms with van der Waals surface area (Å²) in [5.41, 5.74) is -2.77. The number of aliphatic hydroxyl groups is 11. The fraction of sp³-hybridized carbons (Fsp3) is 0.938. The minimum atomic E-state index is -1.93. The summed E-state index contributed by atoms with van der Waals surface area (Å²) < 4.78 is 34.3. The maximum atomic E-state index is 11.4. The molecule has 0 aromatic heterocycles. The first kappa shape index (κ1) is 39.3. The van der Waals surface area contributed by atoms with Crippen LogP contribution >= 0.6 is 0 Å². The summed E-state index contributed by atoms with van der Waals surface area (Å²) in [4.78, 5) is 0. The van der Waals surface area contributed by atoms with Gasteiger partial charge in [0, 0.05) is 0 Å². The lowest BCUT2D eigenvalue weighted by Crippen LogP contribution is -2.62. The zero-order valence-corrected chi connectivity index (χ0v) is 28.0. The molecule has 284 valence electrons. The van der Waals surface area contributed by atoms with Crippen LogP contribution in [-0.4, -0.2) is 180 Å². The van der Waals surface area contributed by atoms with Crippen molar-refractivity contribution in [1.82, 2.24) is 0 Å². The molecule has 0 aromatic carbocycles. The molecule has 18 atom stereocenters. The zero-order valence-electron chi connectivity index (χ0n) is 28.0. The van der Waals surface area contributed by atoms with Gasteiger partial charge in [0.1, 0.15) is 66.6 Å². The molecule has 2 saturated carbocycles. The summed E-state index contributed by atoms with van der Waals surface area (Å²) in [6.07, 6.45) is -17.8. The summed E-state index contributed by atoms with van der Waals surface area (Å²) >= 11 is 0. The largest absolute Gasteiger partial charge is 0.394 e. The lowest BCUT2D eigenvalue weighted by molar-refractivity contribution is -0.332. The first-order chi connectivity index (χ1) is 22.9. The van der Waals surface area contributed by atoms with Crippen LogP contribution in [0.5, 0.6) is 0 Å². The maximum Gasteiger partial charge on any atom is 0.187 e. The van der Waals surface area contributed by atoms with E-state index < -0.39 is 129 Å². The molecular weight excluding hydrogens is 656 g/mol. The third kappa shape index (κ3) is 7.48. The molecule has 0 amide bonds. The van der Waals surface area contributed by atoms with Crippen molar-refractivity contribution >= 4 is 0 Å². The molecule has 5 aliphatic rings. The molecule has 2 aliphatic carbocycles. The topological polar surface area (TPSA) is 278 Å². The summed E-state index contributed by atoms with van der Waals surface area (Å²) in [7, 11) is 0. The average molecular weight is 711 g/mol. The van der Waals surface area contributed by atoms with E-state index >= 15 is 0 Å². The monoisotopic (exact) mass is 710 g/mol. The van der Waals surface area contributed by atoms with Crippen LogP contribution in [0.25, 0.3) is 0 Å². The summed E-state index contributed by atoms with van der Waals surface area (Å²) in [6.45, 7) is 7.68. The van der Waals surface area contributed by atoms with E-state index in [1.807, 2.05) is 20.8 Å². The molecule has 0 spiro atoms. The van der Waals surface area contributed by atoms with Gasteiger partial charge >= 0.3 is 0 Å². The number of hydrogen-bond donors (Lipinski definition) is 11. The van der Waals surface area contributed by atoms with E-state index in [1.54, 1.807) is 0 Å². The van der Waals surface area contributed by atoms with E-state index in [1.165, 1.54) is 0 Å². The molecule has 3 aliphatic heterocycles. The van der Waals surface area contributed by atoms with Gasteiger partial charge < -0.3 is 84.6 Å². The molecule has 5 rings (SSSR count). The molecule has 5 fully saturated rings. The highest BCUT2D eigenvalue weighted by Crippen LogP contribution is 2.56. The van der Waals surface area contributed by atoms with Gasteiger partial charge in [-0.15, -0.1) is 0 Å². The van der Waals surface area contributed by atoms with Gasteiger partial charge in [0.2, 0.25) is 0 Å². The average Bonchev–Trinajstić information content (AvgIpc) is 3.35. The Kier molecular flexibility index (Phi) is 11.9. The van der Waals surface area contributed by atoms with Crippen LogP contribution < -0.4 is 0 Å². The third-order valence-corrected chi connectivity index (χ3v) is 11.5. The van der Waals surface area contributed by atoms with E-state index in [-0.39, 0.29) is 11.8 Å². The second kappa shape index (κ2) is 14.8. The van der Waals surface area contributed by atoms with E-state index in [9.17, 15) is 56.2 Å². The van der Waals surface area contributed by atoms with E-state index in [4.69, 9.17) is 28.4 Å². The molecule has 17 heteroatoms. The van der Waals surface area contributed by atoms with E-state index in [0.29, 0.717) is 31.3 Å². The normalized spacial score (nSPS) is 51.1. The second-order valence-corrected chi connectivity index (χ2v) is 15.2. The molecular formula is C32H54O17. The molecule has 49 heavy (non-hydrogen) atoms. The predicted octanol–water partition coefficient (Wildman–Crippen LogP) is -4.03. The molecule has 3 saturated heterocycles. The molecule has 17 nitrogen and oxygen atoms in total. The van der Waals surface area contributed by atoms with Crippen molar-refractivity contribution in [1.29, 1.82) is 0 Å². The van der Waals surface area contributed by atoms with Crippen LogP contribution in [0.2, 0.25) is 0 Å². The fourth-order valence-corrected chi connectivity index (χ4v) is 8.00. The van der Waals surface area contributed by atoms with Gasteiger partial charge in [0.05, 0.1) is 38.1 Å². The van der Waals surface area contributed by atoms with Crippen molar-refractivity contribution in [3.63, 3.8) is 0 Å². The molecule has 18 unspecified atom stereocenters. The van der Waals surface area contributed by atoms with Gasteiger partial charge in [-0.05, 0) is 62.4 Å². The van der Waals surface area contributed by atoms with Gasteiger partial charge in [-0.25, -0.2) is 0 Å². The maximum absolute atomic E-state index is 11.4. The van der Waals surface area contributed by atoms with Crippen molar-refractivity contribution in [2.75, 3.05) is 26.4 Å². The highest BCUT2D eigenvalue weighted by molar-refractivity contribution is 5.20. The van der Waals surface area contributed by atoms with Gasteiger partial charge in [0.15, 0.2) is 18.9 Å². The Morgan fingerprint density at radius 2 is 1.47 bits per heavy atom. The molecule has 0 aromatic rings. The summed E-state index contributed by atoms with van der Waals surface area (Å²) in [5, 5.41) is 114. The number of aliphatic hydroxyl groups excluding tert-OH is 10. The second-order valence-electron chi connectivity index (χ2n) is 15.2. The number of rotatable bonds is 10. The van der Waals surface area contributed by atoms with Crippen LogP contribution in [-0.2, 0) is 28.4 Å². The Labute approximate surface area is 284 Å². The minimum absolute atomic E-state index is 0.115. The Balaban J connectivity index is 1.21. The molecule has 0 bridgehead atoms. The van der Waals surface area contributed by atoms with Crippen LogP contribution in [0, 0.1) is 17.3 Å². The van der Waals surface area contributed by atoms with Gasteiger partial charge in [-0.1, -0.05) is 13.5 Å². The predicted molar refractivity (Wildman–Crippen MR) is 163 cm³/mol. The highest BCUT2D eigenvalue weighted by Gasteiger charge is 2.55. The zero-order chi connectivity index (χ0) is 36.2. The first-order valence-electron chi connectivity index (χ1n) is 16.8. The van der Waals surface area contributed by atoms with Crippen molar-refractivity contribution in [3.05, 3.63) is 12.2 Å². The van der Waals surface area contributed by atoms with Crippen molar-refractivity contribution in [2.24, 2.45) is 17.3 Å². The van der Waals surface area contributed by atoms with Gasteiger partial charge in [-0.2, -0.15) is 0 Å². The highest BCUT2D eigenvalue weighted by atomic mass is 16.7. The Hall–Kier alpha value is -0.940. The Morgan fingerprint density at radius 3 is 2.08 bits per heavy atom. The minimum Gasteiger partial charge on any atom is -0.394 e. The fourth-order valence-electron chi connectivity index (χ4n) is 8.00. The number of fused-ring (bicyclic) bond motifs is 1. The number of ether oxygens (including phenoxy) is 6.